The molecule has 39 heavy (non-hydrogen) atoms. The van der Waals surface area contributed by atoms with E-state index in [-0.39, 0.29) is 24.5 Å². The monoisotopic (exact) mass is 531 g/mol. The number of rotatable bonds is 10. The van der Waals surface area contributed by atoms with Crippen LogP contribution in [0.3, 0.4) is 0 Å². The van der Waals surface area contributed by atoms with Gasteiger partial charge in [-0.2, -0.15) is 0 Å². The van der Waals surface area contributed by atoms with Gasteiger partial charge in [-0.15, -0.1) is 0 Å². The number of hydrogen-bond donors (Lipinski definition) is 3. The zero-order valence-corrected chi connectivity index (χ0v) is 22.1. The van der Waals surface area contributed by atoms with E-state index in [1.54, 1.807) is 10.8 Å². The molecule has 0 bridgehead atoms. The highest BCUT2D eigenvalue weighted by Crippen LogP contribution is 2.32. The first-order valence-corrected chi connectivity index (χ1v) is 13.1. The first-order chi connectivity index (χ1) is 19.0. The molecule has 2 atom stereocenters. The molecule has 0 saturated carbocycles. The summed E-state index contributed by atoms with van der Waals surface area (Å²) in [6.45, 7) is 2.53. The third kappa shape index (κ3) is 5.67. The van der Waals surface area contributed by atoms with Gasteiger partial charge in [-0.05, 0) is 50.1 Å². The molecule has 10 heteroatoms. The number of aromatic nitrogens is 4. The second-order valence-electron chi connectivity index (χ2n) is 9.58. The lowest BCUT2D eigenvalue weighted by molar-refractivity contribution is -0.146. The molecule has 0 spiro atoms. The highest BCUT2D eigenvalue weighted by molar-refractivity contribution is 5.91. The number of carbonyl (C=O) groups excluding carboxylic acids is 1. The Morgan fingerprint density at radius 2 is 1.95 bits per heavy atom. The minimum atomic E-state index is -0.713. The number of para-hydroxylation sites is 3. The number of nitrogens with one attached hydrogen (secondary N) is 2. The Morgan fingerprint density at radius 1 is 1.18 bits per heavy atom. The number of aromatic amines is 1. The van der Waals surface area contributed by atoms with E-state index in [0.717, 1.165) is 22.4 Å². The van der Waals surface area contributed by atoms with Gasteiger partial charge in [-0.25, -0.2) is 9.67 Å². The summed E-state index contributed by atoms with van der Waals surface area (Å²) in [7, 11) is 1.85. The number of carbonyl (C=O) groups is 1. The second kappa shape index (κ2) is 11.7. The summed E-state index contributed by atoms with van der Waals surface area (Å²) in [5.74, 6) is -0.0827. The number of aliphatic hydroxyl groups is 1. The van der Waals surface area contributed by atoms with Crippen molar-refractivity contribution in [3.63, 3.8) is 0 Å². The summed E-state index contributed by atoms with van der Waals surface area (Å²) in [5, 5.41) is 12.0. The summed E-state index contributed by atoms with van der Waals surface area (Å²) in [5.41, 5.74) is 3.71. The van der Waals surface area contributed by atoms with E-state index in [1.807, 2.05) is 73.3 Å². The molecule has 5 rings (SSSR count). The Balaban J connectivity index is 1.41. The van der Waals surface area contributed by atoms with Crippen LogP contribution in [0.4, 0.5) is 0 Å². The standard InChI is InChI=1S/C29H33N5O5/c1-19-27(29(37)34(33(19)2)21-10-4-3-5-11-21)20-16-24(39-26(17-20)38-15-9-8-14-35)28(36)30-18-25-31-22-12-6-7-13-23(22)32-25/h3-7,10-13,16,20,26,35H,8-9,14-15,17-18H2,1-2H3,(H,30,36)(H,31,32). The molecule has 0 radical (unpaired) electrons. The van der Waals surface area contributed by atoms with Gasteiger partial charge in [0.2, 0.25) is 6.29 Å². The molecule has 3 N–H and O–H groups in total. The number of H-pyrrole nitrogens is 1. The second-order valence-corrected chi connectivity index (χ2v) is 9.58. The molecule has 10 nitrogen and oxygen atoms in total. The lowest BCUT2D eigenvalue weighted by Gasteiger charge is -2.28. The molecule has 0 aliphatic carbocycles. The fourth-order valence-corrected chi connectivity index (χ4v) is 4.90. The Bertz CT molecular complexity index is 1500. The van der Waals surface area contributed by atoms with Gasteiger partial charge in [-0.1, -0.05) is 30.3 Å². The molecule has 2 aromatic heterocycles. The average Bonchev–Trinajstić information content (AvgIpc) is 3.47. The molecular formula is C29H33N5O5. The van der Waals surface area contributed by atoms with Gasteiger partial charge in [0.05, 0.1) is 29.9 Å². The molecule has 204 valence electrons. The number of nitrogens with zero attached hydrogens (tertiary/aromatic N) is 3. The van der Waals surface area contributed by atoms with Crippen LogP contribution in [0.2, 0.25) is 0 Å². The lowest BCUT2D eigenvalue weighted by Crippen LogP contribution is -2.34. The number of benzene rings is 2. The van der Waals surface area contributed by atoms with Gasteiger partial charge in [0.25, 0.3) is 11.5 Å². The highest BCUT2D eigenvalue weighted by Gasteiger charge is 2.33. The van der Waals surface area contributed by atoms with Crippen molar-refractivity contribution in [1.82, 2.24) is 24.6 Å². The maximum atomic E-state index is 13.7. The minimum Gasteiger partial charge on any atom is -0.459 e. The summed E-state index contributed by atoms with van der Waals surface area (Å²) in [6.07, 6.45) is 2.64. The number of unbranched alkanes of at least 4 members (excludes halogenated alkanes) is 1. The predicted molar refractivity (Wildman–Crippen MR) is 146 cm³/mol. The fraction of sp³-hybridized carbons (Fsp3) is 0.345. The molecule has 1 aliphatic rings. The number of aliphatic hydroxyl groups excluding tert-OH is 1. The van der Waals surface area contributed by atoms with E-state index in [0.29, 0.717) is 37.3 Å². The van der Waals surface area contributed by atoms with Crippen LogP contribution in [-0.2, 0) is 27.9 Å². The molecule has 3 heterocycles. The number of amides is 1. The van der Waals surface area contributed by atoms with E-state index in [2.05, 4.69) is 15.3 Å². The molecule has 2 unspecified atom stereocenters. The largest absolute Gasteiger partial charge is 0.459 e. The summed E-state index contributed by atoms with van der Waals surface area (Å²) >= 11 is 0. The SMILES string of the molecule is Cc1c(C2C=C(C(=O)NCc3nc4ccccc4[nH]3)OC(OCCCCO)C2)c(=O)n(-c2ccccc2)n1C. The minimum absolute atomic E-state index is 0.0785. The molecule has 0 saturated heterocycles. The van der Waals surface area contributed by atoms with Gasteiger partial charge in [0, 0.05) is 37.3 Å². The van der Waals surface area contributed by atoms with E-state index in [9.17, 15) is 9.59 Å². The van der Waals surface area contributed by atoms with Crippen molar-refractivity contribution in [2.45, 2.75) is 44.9 Å². The molecule has 1 amide bonds. The van der Waals surface area contributed by atoms with Crippen molar-refractivity contribution < 1.29 is 19.4 Å². The Morgan fingerprint density at radius 3 is 2.72 bits per heavy atom. The van der Waals surface area contributed by atoms with Crippen LogP contribution in [0.15, 0.2) is 71.2 Å². The first kappa shape index (κ1) is 26.5. The zero-order valence-electron chi connectivity index (χ0n) is 22.1. The summed E-state index contributed by atoms with van der Waals surface area (Å²) in [4.78, 5) is 34.6. The third-order valence-corrected chi connectivity index (χ3v) is 6.96. The van der Waals surface area contributed by atoms with Crippen LogP contribution in [0.25, 0.3) is 16.7 Å². The van der Waals surface area contributed by atoms with Crippen molar-refractivity contribution in [2.75, 3.05) is 13.2 Å². The Kier molecular flexibility index (Phi) is 7.94. The predicted octanol–water partition coefficient (Wildman–Crippen LogP) is 3.18. The van der Waals surface area contributed by atoms with Gasteiger partial charge >= 0.3 is 0 Å². The Labute approximate surface area is 225 Å². The van der Waals surface area contributed by atoms with Crippen molar-refractivity contribution >= 4 is 16.9 Å². The van der Waals surface area contributed by atoms with Gasteiger partial charge in [-0.3, -0.25) is 14.3 Å². The molecular weight excluding hydrogens is 498 g/mol. The van der Waals surface area contributed by atoms with Crippen LogP contribution in [-0.4, -0.2) is 49.8 Å². The van der Waals surface area contributed by atoms with Crippen LogP contribution in [0.1, 0.15) is 42.3 Å². The number of fused-ring (bicyclic) bond motifs is 1. The van der Waals surface area contributed by atoms with E-state index in [1.165, 1.54) is 0 Å². The van der Waals surface area contributed by atoms with Crippen molar-refractivity contribution in [1.29, 1.82) is 0 Å². The van der Waals surface area contributed by atoms with Gasteiger partial charge < -0.3 is 24.9 Å². The molecule has 0 fully saturated rings. The van der Waals surface area contributed by atoms with Crippen LogP contribution in [0, 0.1) is 6.92 Å². The quantitative estimate of drug-likeness (QED) is 0.270. The zero-order chi connectivity index (χ0) is 27.4. The van der Waals surface area contributed by atoms with E-state index >= 15 is 0 Å². The first-order valence-electron chi connectivity index (χ1n) is 13.1. The fourth-order valence-electron chi connectivity index (χ4n) is 4.90. The topological polar surface area (TPSA) is 123 Å². The lowest BCUT2D eigenvalue weighted by atomic mass is 9.93. The Hall–Kier alpha value is -4.15. The molecule has 1 aliphatic heterocycles. The normalized spacial score (nSPS) is 17.2. The molecule has 4 aromatic rings. The highest BCUT2D eigenvalue weighted by atomic mass is 16.7. The number of hydrogen-bond acceptors (Lipinski definition) is 6. The molecule has 2 aromatic carbocycles. The maximum Gasteiger partial charge on any atom is 0.286 e. The third-order valence-electron chi connectivity index (χ3n) is 6.96. The van der Waals surface area contributed by atoms with Crippen molar-refractivity contribution in [3.05, 3.63) is 93.9 Å². The average molecular weight is 532 g/mol. The number of imidazole rings is 1. The van der Waals surface area contributed by atoms with Crippen molar-refractivity contribution in [3.8, 4) is 5.69 Å². The van der Waals surface area contributed by atoms with Crippen LogP contribution >= 0.6 is 0 Å². The van der Waals surface area contributed by atoms with Crippen LogP contribution in [0.5, 0.6) is 0 Å². The summed E-state index contributed by atoms with van der Waals surface area (Å²) < 4.78 is 15.3. The summed E-state index contributed by atoms with van der Waals surface area (Å²) in [6, 6.07) is 17.1. The van der Waals surface area contributed by atoms with Gasteiger partial charge in [0.1, 0.15) is 5.82 Å². The van der Waals surface area contributed by atoms with Gasteiger partial charge in [0.15, 0.2) is 5.76 Å². The van der Waals surface area contributed by atoms with E-state index in [4.69, 9.17) is 14.6 Å². The maximum absolute atomic E-state index is 13.7. The van der Waals surface area contributed by atoms with Crippen LogP contribution < -0.4 is 10.9 Å². The smallest absolute Gasteiger partial charge is 0.286 e. The van der Waals surface area contributed by atoms with E-state index < -0.39 is 18.1 Å². The van der Waals surface area contributed by atoms with Crippen molar-refractivity contribution in [2.24, 2.45) is 7.05 Å². The number of ether oxygens (including phenoxy) is 2. The number of allylic oxidation sites excluding steroid dienone is 1.